The van der Waals surface area contributed by atoms with Crippen molar-refractivity contribution in [1.29, 1.82) is 0 Å². The van der Waals surface area contributed by atoms with Gasteiger partial charge in [0.25, 0.3) is 0 Å². The first kappa shape index (κ1) is 17.3. The number of rotatable bonds is 4. The van der Waals surface area contributed by atoms with Crippen LogP contribution in [0.15, 0.2) is 35.5 Å². The lowest BCUT2D eigenvalue weighted by atomic mass is 10.2. The minimum Gasteiger partial charge on any atom is -0.347 e. The summed E-state index contributed by atoms with van der Waals surface area (Å²) in [4.78, 5) is 9.48. The number of aromatic nitrogens is 2. The molecular weight excluding hydrogens is 355 g/mol. The van der Waals surface area contributed by atoms with Crippen LogP contribution in [-0.4, -0.2) is 53.8 Å². The molecule has 1 N–H and O–H groups in total. The zero-order valence-electron chi connectivity index (χ0n) is 13.1. The van der Waals surface area contributed by atoms with Gasteiger partial charge in [-0.3, -0.25) is 4.90 Å². The average Bonchev–Trinajstić information content (AvgIpc) is 3.11. The molecule has 1 aromatic carbocycles. The molecule has 1 fully saturated rings. The topological polar surface area (TPSA) is 69.3 Å². The highest BCUT2D eigenvalue weighted by Crippen LogP contribution is 2.28. The molecule has 0 unspecified atom stereocenters. The Balaban J connectivity index is 1.89. The van der Waals surface area contributed by atoms with Gasteiger partial charge in [-0.2, -0.15) is 4.31 Å². The summed E-state index contributed by atoms with van der Waals surface area (Å²) in [7, 11) is -3.74. The van der Waals surface area contributed by atoms with E-state index in [0.29, 0.717) is 13.1 Å². The third-order valence-electron chi connectivity index (χ3n) is 4.22. The van der Waals surface area contributed by atoms with Gasteiger partial charge in [0.05, 0.1) is 16.0 Å². The summed E-state index contributed by atoms with van der Waals surface area (Å²) in [6, 6.07) is 3.32. The maximum absolute atomic E-state index is 13.3. The summed E-state index contributed by atoms with van der Waals surface area (Å²) >= 11 is 5.73. The quantitative estimate of drug-likeness (QED) is 0.893. The number of halogens is 2. The zero-order valence-corrected chi connectivity index (χ0v) is 14.7. The van der Waals surface area contributed by atoms with Crippen molar-refractivity contribution in [1.82, 2.24) is 19.2 Å². The minimum atomic E-state index is -3.74. The highest BCUT2D eigenvalue weighted by molar-refractivity contribution is 7.89. The van der Waals surface area contributed by atoms with E-state index >= 15 is 0 Å². The van der Waals surface area contributed by atoms with E-state index in [0.717, 1.165) is 24.5 Å². The summed E-state index contributed by atoms with van der Waals surface area (Å²) in [5, 5.41) is -0.203. The molecule has 6 nitrogen and oxygen atoms in total. The molecule has 0 amide bonds. The molecule has 24 heavy (non-hydrogen) atoms. The Morgan fingerprint density at radius 1 is 1.42 bits per heavy atom. The molecular formula is C15H18ClFN4O2S. The van der Waals surface area contributed by atoms with Crippen LogP contribution in [0.25, 0.3) is 0 Å². The van der Waals surface area contributed by atoms with Crippen molar-refractivity contribution in [2.45, 2.75) is 17.9 Å². The number of H-pyrrole nitrogens is 1. The third-order valence-corrected chi connectivity index (χ3v) is 6.37. The minimum absolute atomic E-state index is 0.00274. The van der Waals surface area contributed by atoms with Gasteiger partial charge in [-0.15, -0.1) is 0 Å². The first-order chi connectivity index (χ1) is 11.4. The van der Waals surface area contributed by atoms with Crippen molar-refractivity contribution in [2.75, 3.05) is 26.2 Å². The molecule has 1 aliphatic rings. The number of nitrogens with zero attached hydrogens (tertiary/aromatic N) is 3. The molecule has 0 spiro atoms. The Labute approximate surface area is 145 Å². The Morgan fingerprint density at radius 2 is 2.21 bits per heavy atom. The van der Waals surface area contributed by atoms with Crippen molar-refractivity contribution in [2.24, 2.45) is 0 Å². The van der Waals surface area contributed by atoms with E-state index in [4.69, 9.17) is 11.6 Å². The average molecular weight is 373 g/mol. The zero-order chi connectivity index (χ0) is 17.3. The second kappa shape index (κ2) is 6.79. The van der Waals surface area contributed by atoms with Gasteiger partial charge in [-0.25, -0.2) is 17.8 Å². The lowest BCUT2D eigenvalue weighted by molar-refractivity contribution is 0.119. The molecule has 2 aromatic rings. The number of hydrogen-bond donors (Lipinski definition) is 1. The van der Waals surface area contributed by atoms with Crippen LogP contribution >= 0.6 is 11.6 Å². The number of benzene rings is 1. The molecule has 1 aliphatic heterocycles. The maximum atomic E-state index is 13.3. The lowest BCUT2D eigenvalue weighted by Crippen LogP contribution is -2.50. The Bertz CT molecular complexity index is 813. The second-order valence-electron chi connectivity index (χ2n) is 5.56. The first-order valence-electron chi connectivity index (χ1n) is 7.62. The summed E-state index contributed by atoms with van der Waals surface area (Å²) in [5.41, 5.74) is 0. The molecule has 0 radical (unpaired) electrons. The Morgan fingerprint density at radius 3 is 2.83 bits per heavy atom. The van der Waals surface area contributed by atoms with E-state index in [2.05, 4.69) is 14.9 Å². The van der Waals surface area contributed by atoms with E-state index in [1.54, 1.807) is 12.4 Å². The van der Waals surface area contributed by atoms with Crippen LogP contribution in [0.5, 0.6) is 0 Å². The summed E-state index contributed by atoms with van der Waals surface area (Å²) in [5.74, 6) is 0.0915. The number of imidazole rings is 1. The van der Waals surface area contributed by atoms with Crippen molar-refractivity contribution >= 4 is 21.6 Å². The normalized spacial score (nSPS) is 20.4. The van der Waals surface area contributed by atoms with Crippen molar-refractivity contribution in [3.8, 4) is 0 Å². The fraction of sp³-hybridized carbons (Fsp3) is 0.400. The Hall–Kier alpha value is -1.48. The van der Waals surface area contributed by atoms with E-state index in [9.17, 15) is 12.8 Å². The van der Waals surface area contributed by atoms with Crippen LogP contribution in [0.1, 0.15) is 18.8 Å². The summed E-state index contributed by atoms with van der Waals surface area (Å²) in [6.07, 6.45) is 3.37. The van der Waals surface area contributed by atoms with Gasteiger partial charge in [0.2, 0.25) is 10.0 Å². The van der Waals surface area contributed by atoms with Crippen LogP contribution < -0.4 is 0 Å². The first-order valence-corrected chi connectivity index (χ1v) is 9.44. The molecule has 0 saturated carbocycles. The highest BCUT2D eigenvalue weighted by atomic mass is 35.5. The molecule has 0 bridgehead atoms. The highest BCUT2D eigenvalue weighted by Gasteiger charge is 2.35. The number of nitrogens with one attached hydrogen (secondary N) is 1. The molecule has 0 aliphatic carbocycles. The smallest absolute Gasteiger partial charge is 0.243 e. The van der Waals surface area contributed by atoms with Crippen molar-refractivity contribution in [3.05, 3.63) is 47.3 Å². The van der Waals surface area contributed by atoms with E-state index in [1.807, 2.05) is 6.92 Å². The molecule has 1 atom stereocenters. The standard InChI is InChI=1S/C15H18ClFN4O2S/c1-2-20-7-8-21(10-14(20)15-18-5-6-19-15)24(22,23)11-3-4-13(17)12(16)9-11/h3-6,9,14H,2,7-8,10H2,1H3,(H,18,19)/t14-/m0/s1. The SMILES string of the molecule is CCN1CCN(S(=O)(=O)c2ccc(F)c(Cl)c2)C[C@H]1c1ncc[nH]1. The molecule has 1 aromatic heterocycles. The fourth-order valence-electron chi connectivity index (χ4n) is 2.90. The fourth-order valence-corrected chi connectivity index (χ4v) is 4.61. The molecule has 2 heterocycles. The molecule has 9 heteroatoms. The predicted octanol–water partition coefficient (Wildman–Crippen LogP) is 2.27. The van der Waals surface area contributed by atoms with Crippen LogP contribution in [0.2, 0.25) is 5.02 Å². The second-order valence-corrected chi connectivity index (χ2v) is 7.90. The van der Waals surface area contributed by atoms with Gasteiger partial charge >= 0.3 is 0 Å². The van der Waals surface area contributed by atoms with Gasteiger partial charge in [0.1, 0.15) is 11.6 Å². The van der Waals surface area contributed by atoms with E-state index in [-0.39, 0.29) is 22.5 Å². The molecule has 1 saturated heterocycles. The van der Waals surface area contributed by atoms with E-state index < -0.39 is 15.8 Å². The van der Waals surface area contributed by atoms with Gasteiger partial charge in [-0.05, 0) is 24.7 Å². The summed E-state index contributed by atoms with van der Waals surface area (Å²) < 4.78 is 40.4. The van der Waals surface area contributed by atoms with Crippen LogP contribution in [0, 0.1) is 5.82 Å². The Kier molecular flexibility index (Phi) is 4.91. The van der Waals surface area contributed by atoms with Gasteiger partial charge in [0.15, 0.2) is 0 Å². The largest absolute Gasteiger partial charge is 0.347 e. The maximum Gasteiger partial charge on any atom is 0.243 e. The monoisotopic (exact) mass is 372 g/mol. The van der Waals surface area contributed by atoms with Crippen LogP contribution in [0.3, 0.4) is 0 Å². The number of piperazine rings is 1. The van der Waals surface area contributed by atoms with Gasteiger partial charge in [0, 0.05) is 32.0 Å². The molecule has 3 rings (SSSR count). The number of aromatic amines is 1. The van der Waals surface area contributed by atoms with Crippen molar-refractivity contribution < 1.29 is 12.8 Å². The number of sulfonamides is 1. The number of hydrogen-bond acceptors (Lipinski definition) is 4. The van der Waals surface area contributed by atoms with Crippen LogP contribution in [0.4, 0.5) is 4.39 Å². The summed E-state index contributed by atoms with van der Waals surface area (Å²) in [6.45, 7) is 4.05. The van der Waals surface area contributed by atoms with Gasteiger partial charge in [-0.1, -0.05) is 18.5 Å². The number of likely N-dealkylation sites (N-methyl/N-ethyl adjacent to an activating group) is 1. The third kappa shape index (κ3) is 3.19. The van der Waals surface area contributed by atoms with Gasteiger partial charge < -0.3 is 4.98 Å². The predicted molar refractivity (Wildman–Crippen MR) is 88.7 cm³/mol. The lowest BCUT2D eigenvalue weighted by Gasteiger charge is -2.39. The molecule has 130 valence electrons. The van der Waals surface area contributed by atoms with E-state index in [1.165, 1.54) is 10.4 Å². The van der Waals surface area contributed by atoms with Crippen molar-refractivity contribution in [3.63, 3.8) is 0 Å². The van der Waals surface area contributed by atoms with Crippen LogP contribution in [-0.2, 0) is 10.0 Å².